The molecule has 2 rings (SSSR count). The molecule has 0 fully saturated rings. The van der Waals surface area contributed by atoms with Gasteiger partial charge in [-0.3, -0.25) is 4.79 Å². The van der Waals surface area contributed by atoms with Gasteiger partial charge in [-0.05, 0) is 38.1 Å². The number of furan rings is 1. The molecule has 2 aromatic rings. The predicted molar refractivity (Wildman–Crippen MR) is 78.1 cm³/mol. The summed E-state index contributed by atoms with van der Waals surface area (Å²) in [5, 5.41) is 2.62. The van der Waals surface area contributed by atoms with Crippen molar-refractivity contribution in [2.24, 2.45) is 0 Å². The molecule has 1 amide bonds. The number of hydrogen-bond acceptors (Lipinski definition) is 5. The lowest BCUT2D eigenvalue weighted by Gasteiger charge is -2.09. The van der Waals surface area contributed by atoms with Crippen LogP contribution in [0.5, 0.6) is 0 Å². The number of carbonyl (C=O) groups is 2. The zero-order valence-corrected chi connectivity index (χ0v) is 11.8. The third-order valence-electron chi connectivity index (χ3n) is 2.55. The Bertz CT molecular complexity index is 661. The van der Waals surface area contributed by atoms with E-state index in [9.17, 15) is 9.59 Å². The highest BCUT2D eigenvalue weighted by atomic mass is 16.5. The minimum atomic E-state index is -0.443. The Kier molecular flexibility index (Phi) is 4.27. The zero-order valence-electron chi connectivity index (χ0n) is 11.8. The van der Waals surface area contributed by atoms with Crippen molar-refractivity contribution in [2.45, 2.75) is 20.0 Å². The van der Waals surface area contributed by atoms with Crippen molar-refractivity contribution in [2.75, 3.05) is 11.1 Å². The molecule has 1 aromatic heterocycles. The van der Waals surface area contributed by atoms with Crippen LogP contribution in [-0.4, -0.2) is 18.0 Å². The van der Waals surface area contributed by atoms with Gasteiger partial charge in [0.2, 0.25) is 0 Å². The molecule has 0 aliphatic rings. The van der Waals surface area contributed by atoms with Crippen LogP contribution >= 0.6 is 0 Å². The highest BCUT2D eigenvalue weighted by Crippen LogP contribution is 2.15. The van der Waals surface area contributed by atoms with Gasteiger partial charge in [0.1, 0.15) is 0 Å². The summed E-state index contributed by atoms with van der Waals surface area (Å²) < 4.78 is 10.1. The molecule has 0 spiro atoms. The standard InChI is InChI=1S/C15H16N2O4/c1-9(2)20-15(19)10-4-3-5-11(8-10)17-14(18)12-6-7-13(16)21-12/h3-9H,16H2,1-2H3,(H,17,18). The van der Waals surface area contributed by atoms with E-state index in [1.807, 2.05) is 0 Å². The first kappa shape index (κ1) is 14.6. The van der Waals surface area contributed by atoms with Crippen LogP contribution in [-0.2, 0) is 4.74 Å². The average molecular weight is 288 g/mol. The molecule has 110 valence electrons. The molecule has 0 aliphatic carbocycles. The van der Waals surface area contributed by atoms with Crippen molar-refractivity contribution >= 4 is 23.4 Å². The number of benzene rings is 1. The van der Waals surface area contributed by atoms with E-state index in [4.69, 9.17) is 14.9 Å². The molecular formula is C15H16N2O4. The van der Waals surface area contributed by atoms with Crippen LogP contribution in [0, 0.1) is 0 Å². The minimum absolute atomic E-state index is 0.0997. The van der Waals surface area contributed by atoms with Gasteiger partial charge < -0.3 is 20.2 Å². The van der Waals surface area contributed by atoms with Crippen molar-refractivity contribution in [3.05, 3.63) is 47.7 Å². The maximum atomic E-state index is 11.9. The van der Waals surface area contributed by atoms with Crippen molar-refractivity contribution in [1.82, 2.24) is 0 Å². The summed E-state index contributed by atoms with van der Waals surface area (Å²) >= 11 is 0. The van der Waals surface area contributed by atoms with Crippen molar-refractivity contribution in [3.63, 3.8) is 0 Å². The van der Waals surface area contributed by atoms with E-state index in [1.165, 1.54) is 18.2 Å². The number of nitrogens with two attached hydrogens (primary N) is 1. The molecule has 0 saturated heterocycles. The second kappa shape index (κ2) is 6.13. The second-order valence-corrected chi connectivity index (χ2v) is 4.69. The van der Waals surface area contributed by atoms with Crippen molar-refractivity contribution in [1.29, 1.82) is 0 Å². The summed E-state index contributed by atoms with van der Waals surface area (Å²) in [5.74, 6) is -0.624. The van der Waals surface area contributed by atoms with Crippen LogP contribution in [0.15, 0.2) is 40.8 Å². The van der Waals surface area contributed by atoms with E-state index in [-0.39, 0.29) is 17.7 Å². The smallest absolute Gasteiger partial charge is 0.338 e. The van der Waals surface area contributed by atoms with Crippen LogP contribution in [0.3, 0.4) is 0 Å². The van der Waals surface area contributed by atoms with E-state index in [0.29, 0.717) is 11.3 Å². The first-order valence-corrected chi connectivity index (χ1v) is 6.43. The largest absolute Gasteiger partial charge is 0.459 e. The maximum absolute atomic E-state index is 11.9. The lowest BCUT2D eigenvalue weighted by Crippen LogP contribution is -2.13. The highest BCUT2D eigenvalue weighted by molar-refractivity contribution is 6.03. The number of carbonyl (C=O) groups excluding carboxylic acids is 2. The topological polar surface area (TPSA) is 94.6 Å². The molecule has 3 N–H and O–H groups in total. The summed E-state index contributed by atoms with van der Waals surface area (Å²) in [7, 11) is 0. The number of ether oxygens (including phenoxy) is 1. The Balaban J connectivity index is 2.11. The molecule has 0 saturated carbocycles. The summed E-state index contributed by atoms with van der Waals surface area (Å²) in [6, 6.07) is 9.44. The van der Waals surface area contributed by atoms with Gasteiger partial charge in [-0.1, -0.05) is 6.07 Å². The average Bonchev–Trinajstić information content (AvgIpc) is 2.85. The normalized spacial score (nSPS) is 10.4. The molecule has 0 aliphatic heterocycles. The van der Waals surface area contributed by atoms with Gasteiger partial charge in [-0.15, -0.1) is 0 Å². The molecule has 0 bridgehead atoms. The van der Waals surface area contributed by atoms with Gasteiger partial charge in [0.15, 0.2) is 11.6 Å². The first-order valence-electron chi connectivity index (χ1n) is 6.43. The number of nitrogens with one attached hydrogen (secondary N) is 1. The highest BCUT2D eigenvalue weighted by Gasteiger charge is 2.13. The molecule has 6 heteroatoms. The Morgan fingerprint density at radius 3 is 2.62 bits per heavy atom. The van der Waals surface area contributed by atoms with E-state index in [1.54, 1.807) is 32.0 Å². The fourth-order valence-electron chi connectivity index (χ4n) is 1.67. The van der Waals surface area contributed by atoms with Gasteiger partial charge in [-0.25, -0.2) is 4.79 Å². The van der Waals surface area contributed by atoms with E-state index in [0.717, 1.165) is 0 Å². The SMILES string of the molecule is CC(C)OC(=O)c1cccc(NC(=O)c2ccc(N)o2)c1. The minimum Gasteiger partial charge on any atom is -0.459 e. The summed E-state index contributed by atoms with van der Waals surface area (Å²) in [5.41, 5.74) is 6.24. The van der Waals surface area contributed by atoms with Crippen molar-refractivity contribution < 1.29 is 18.7 Å². The molecule has 6 nitrogen and oxygen atoms in total. The van der Waals surface area contributed by atoms with Crippen LogP contribution in [0.25, 0.3) is 0 Å². The summed E-state index contributed by atoms with van der Waals surface area (Å²) in [6.45, 7) is 3.54. The molecule has 1 aromatic carbocycles. The number of hydrogen-bond donors (Lipinski definition) is 2. The van der Waals surface area contributed by atoms with Crippen LogP contribution in [0.1, 0.15) is 34.8 Å². The van der Waals surface area contributed by atoms with E-state index < -0.39 is 11.9 Å². The monoisotopic (exact) mass is 288 g/mol. The molecule has 0 atom stereocenters. The van der Waals surface area contributed by atoms with Gasteiger partial charge in [-0.2, -0.15) is 0 Å². The van der Waals surface area contributed by atoms with Gasteiger partial charge in [0.25, 0.3) is 5.91 Å². The van der Waals surface area contributed by atoms with Crippen molar-refractivity contribution in [3.8, 4) is 0 Å². The third kappa shape index (κ3) is 3.85. The summed E-state index contributed by atoms with van der Waals surface area (Å²) in [4.78, 5) is 23.7. The quantitative estimate of drug-likeness (QED) is 0.843. The molecule has 21 heavy (non-hydrogen) atoms. The third-order valence-corrected chi connectivity index (χ3v) is 2.55. The first-order chi connectivity index (χ1) is 9.95. The molecular weight excluding hydrogens is 272 g/mol. The van der Waals surface area contributed by atoms with Crippen LogP contribution in [0.2, 0.25) is 0 Å². The van der Waals surface area contributed by atoms with Gasteiger partial charge in [0, 0.05) is 11.8 Å². The van der Waals surface area contributed by atoms with Gasteiger partial charge >= 0.3 is 5.97 Å². The second-order valence-electron chi connectivity index (χ2n) is 4.69. The Morgan fingerprint density at radius 2 is 2.00 bits per heavy atom. The molecule has 1 heterocycles. The summed E-state index contributed by atoms with van der Waals surface area (Å²) in [6.07, 6.45) is -0.207. The number of amides is 1. The number of esters is 1. The Morgan fingerprint density at radius 1 is 1.24 bits per heavy atom. The zero-order chi connectivity index (χ0) is 15.4. The maximum Gasteiger partial charge on any atom is 0.338 e. The lowest BCUT2D eigenvalue weighted by atomic mass is 10.2. The van der Waals surface area contributed by atoms with Crippen LogP contribution < -0.4 is 11.1 Å². The molecule has 0 unspecified atom stereocenters. The number of nitrogen functional groups attached to an aromatic ring is 1. The fourth-order valence-corrected chi connectivity index (χ4v) is 1.67. The van der Waals surface area contributed by atoms with Gasteiger partial charge in [0.05, 0.1) is 11.7 Å². The fraction of sp³-hybridized carbons (Fsp3) is 0.200. The number of anilines is 2. The Labute approximate surface area is 121 Å². The van der Waals surface area contributed by atoms with E-state index >= 15 is 0 Å². The molecule has 0 radical (unpaired) electrons. The Hall–Kier alpha value is -2.76. The van der Waals surface area contributed by atoms with Crippen LogP contribution in [0.4, 0.5) is 11.6 Å². The number of rotatable bonds is 4. The van der Waals surface area contributed by atoms with E-state index in [2.05, 4.69) is 5.32 Å². The lowest BCUT2D eigenvalue weighted by molar-refractivity contribution is 0.0378. The predicted octanol–water partition coefficient (Wildman–Crippen LogP) is 2.68.